The molecular formula is C30H33N3O3. The van der Waals surface area contributed by atoms with Gasteiger partial charge in [-0.2, -0.15) is 0 Å². The van der Waals surface area contributed by atoms with Crippen LogP contribution in [0.5, 0.6) is 0 Å². The van der Waals surface area contributed by atoms with Gasteiger partial charge in [0.2, 0.25) is 0 Å². The topological polar surface area (TPSA) is 76.8 Å². The van der Waals surface area contributed by atoms with E-state index in [9.17, 15) is 4.79 Å². The minimum atomic E-state index is -0.468. The van der Waals surface area contributed by atoms with Crippen molar-refractivity contribution in [3.05, 3.63) is 101 Å². The molecule has 1 amide bonds. The van der Waals surface area contributed by atoms with Crippen LogP contribution < -0.4 is 16.0 Å². The van der Waals surface area contributed by atoms with Gasteiger partial charge in [-0.05, 0) is 64.9 Å². The third-order valence-corrected chi connectivity index (χ3v) is 7.13. The smallest absolute Gasteiger partial charge is 0.411 e. The second-order valence-electron chi connectivity index (χ2n) is 9.30. The van der Waals surface area contributed by atoms with Gasteiger partial charge >= 0.3 is 6.09 Å². The molecule has 36 heavy (non-hydrogen) atoms. The van der Waals surface area contributed by atoms with Crippen LogP contribution >= 0.6 is 0 Å². The predicted molar refractivity (Wildman–Crippen MR) is 144 cm³/mol. The Kier molecular flexibility index (Phi) is 7.35. The Morgan fingerprint density at radius 2 is 1.89 bits per heavy atom. The third kappa shape index (κ3) is 5.15. The molecule has 1 unspecified atom stereocenters. The fraction of sp³-hybridized carbons (Fsp3) is 0.300. The molecule has 1 saturated heterocycles. The van der Waals surface area contributed by atoms with Crippen LogP contribution in [-0.2, 0) is 22.5 Å². The summed E-state index contributed by atoms with van der Waals surface area (Å²) in [7, 11) is 0. The van der Waals surface area contributed by atoms with Gasteiger partial charge in [-0.1, -0.05) is 54.6 Å². The lowest BCUT2D eigenvalue weighted by atomic mass is 9.85. The Bertz CT molecular complexity index is 1250. The summed E-state index contributed by atoms with van der Waals surface area (Å²) in [5, 5.41) is 2.92. The standard InChI is InChI=1S/C30H33N3O3/c1-21-25(8-5-9-29(21)32-30(34)36-20-22-6-3-2-4-7-22)28(19-31)27-12-10-23-18-24(11-13-26(23)27)33-14-16-35-17-15-33/h2-9,11-13,18,28H,10,14-17,19-20,31H2,1H3,(H,32,34). The Morgan fingerprint density at radius 3 is 2.67 bits per heavy atom. The summed E-state index contributed by atoms with van der Waals surface area (Å²) in [6.45, 7) is 6.15. The Balaban J connectivity index is 1.32. The maximum Gasteiger partial charge on any atom is 0.411 e. The number of hydrogen-bond acceptors (Lipinski definition) is 5. The number of fused-ring (bicyclic) bond motifs is 1. The number of amides is 1. The zero-order valence-corrected chi connectivity index (χ0v) is 20.7. The van der Waals surface area contributed by atoms with Crippen molar-refractivity contribution in [1.82, 2.24) is 0 Å². The summed E-state index contributed by atoms with van der Waals surface area (Å²) in [5.74, 6) is 0.0441. The Morgan fingerprint density at radius 1 is 1.08 bits per heavy atom. The normalized spacial score (nSPS) is 15.7. The molecule has 1 atom stereocenters. The highest BCUT2D eigenvalue weighted by Crippen LogP contribution is 2.41. The molecule has 1 fully saturated rings. The highest BCUT2D eigenvalue weighted by molar-refractivity contribution is 5.87. The monoisotopic (exact) mass is 483 g/mol. The van der Waals surface area contributed by atoms with E-state index in [1.165, 1.54) is 22.4 Å². The molecule has 3 aromatic carbocycles. The molecule has 1 aliphatic heterocycles. The van der Waals surface area contributed by atoms with E-state index >= 15 is 0 Å². The number of allylic oxidation sites excluding steroid dienone is 1. The van der Waals surface area contributed by atoms with Crippen LogP contribution in [0.15, 0.2) is 72.8 Å². The summed E-state index contributed by atoms with van der Waals surface area (Å²) in [5.41, 5.74) is 15.3. The number of anilines is 2. The summed E-state index contributed by atoms with van der Waals surface area (Å²) >= 11 is 0. The lowest BCUT2D eigenvalue weighted by molar-refractivity contribution is 0.122. The number of nitrogens with two attached hydrogens (primary N) is 1. The third-order valence-electron chi connectivity index (χ3n) is 7.13. The summed E-state index contributed by atoms with van der Waals surface area (Å²) in [6, 6.07) is 22.4. The maximum atomic E-state index is 12.5. The number of morpholine rings is 1. The van der Waals surface area contributed by atoms with Gasteiger partial charge in [-0.3, -0.25) is 5.32 Å². The van der Waals surface area contributed by atoms with E-state index in [1.807, 2.05) is 49.4 Å². The SMILES string of the molecule is Cc1c(NC(=O)OCc2ccccc2)cccc1C(CN)C1=CCc2cc(N3CCOCC3)ccc21. The highest BCUT2D eigenvalue weighted by Gasteiger charge is 2.26. The predicted octanol–water partition coefficient (Wildman–Crippen LogP) is 5.26. The second kappa shape index (κ2) is 11.0. The first-order chi connectivity index (χ1) is 17.6. The zero-order chi connectivity index (χ0) is 24.9. The van der Waals surface area contributed by atoms with Gasteiger partial charge in [0.15, 0.2) is 0 Å². The number of ether oxygens (including phenoxy) is 2. The molecule has 0 aromatic heterocycles. The van der Waals surface area contributed by atoms with E-state index in [1.54, 1.807) is 0 Å². The van der Waals surface area contributed by atoms with Crippen LogP contribution in [0.25, 0.3) is 5.57 Å². The van der Waals surface area contributed by atoms with Gasteiger partial charge in [0, 0.05) is 36.9 Å². The molecule has 2 aliphatic rings. The van der Waals surface area contributed by atoms with Crippen molar-refractivity contribution in [2.45, 2.75) is 25.9 Å². The van der Waals surface area contributed by atoms with Crippen LogP contribution in [0.2, 0.25) is 0 Å². The number of carbonyl (C=O) groups excluding carboxylic acids is 1. The first-order valence-corrected chi connectivity index (χ1v) is 12.6. The Labute approximate surface area is 212 Å². The van der Waals surface area contributed by atoms with Crippen molar-refractivity contribution in [3.8, 4) is 0 Å². The van der Waals surface area contributed by atoms with E-state index in [2.05, 4.69) is 40.6 Å². The number of benzene rings is 3. The lowest BCUT2D eigenvalue weighted by Gasteiger charge is -2.29. The second-order valence-corrected chi connectivity index (χ2v) is 9.30. The number of hydrogen-bond donors (Lipinski definition) is 2. The number of nitrogens with zero attached hydrogens (tertiary/aromatic N) is 1. The minimum Gasteiger partial charge on any atom is -0.444 e. The van der Waals surface area contributed by atoms with Gasteiger partial charge in [0.25, 0.3) is 0 Å². The van der Waals surface area contributed by atoms with Crippen LogP contribution in [-0.4, -0.2) is 38.9 Å². The molecule has 5 rings (SSSR count). The lowest BCUT2D eigenvalue weighted by Crippen LogP contribution is -2.36. The summed E-state index contributed by atoms with van der Waals surface area (Å²) in [6.07, 6.45) is 2.74. The van der Waals surface area contributed by atoms with Crippen LogP contribution in [0.3, 0.4) is 0 Å². The molecule has 0 saturated carbocycles. The van der Waals surface area contributed by atoms with E-state index in [0.29, 0.717) is 6.54 Å². The molecule has 1 aliphatic carbocycles. The van der Waals surface area contributed by atoms with Gasteiger partial charge in [-0.25, -0.2) is 4.79 Å². The van der Waals surface area contributed by atoms with Gasteiger partial charge < -0.3 is 20.1 Å². The summed E-state index contributed by atoms with van der Waals surface area (Å²) < 4.78 is 10.9. The molecule has 6 heteroatoms. The van der Waals surface area contributed by atoms with Crippen molar-refractivity contribution < 1.29 is 14.3 Å². The van der Waals surface area contributed by atoms with E-state index in [0.717, 1.165) is 55.1 Å². The maximum absolute atomic E-state index is 12.5. The molecule has 0 radical (unpaired) electrons. The zero-order valence-electron chi connectivity index (χ0n) is 20.7. The van der Waals surface area contributed by atoms with Gasteiger partial charge in [0.1, 0.15) is 6.61 Å². The average Bonchev–Trinajstić information content (AvgIpc) is 3.34. The molecule has 3 aromatic rings. The van der Waals surface area contributed by atoms with Crippen molar-refractivity contribution in [3.63, 3.8) is 0 Å². The van der Waals surface area contributed by atoms with E-state index in [4.69, 9.17) is 15.2 Å². The molecular weight excluding hydrogens is 450 g/mol. The molecule has 186 valence electrons. The number of rotatable bonds is 7. The van der Waals surface area contributed by atoms with Crippen molar-refractivity contribution in [2.24, 2.45) is 5.73 Å². The van der Waals surface area contributed by atoms with Crippen LogP contribution in [0.1, 0.15) is 33.7 Å². The van der Waals surface area contributed by atoms with Crippen molar-refractivity contribution >= 4 is 23.0 Å². The van der Waals surface area contributed by atoms with Gasteiger partial charge in [-0.15, -0.1) is 0 Å². The van der Waals surface area contributed by atoms with Crippen LogP contribution in [0, 0.1) is 6.92 Å². The fourth-order valence-corrected chi connectivity index (χ4v) is 5.17. The Hall–Kier alpha value is -3.61. The first-order valence-electron chi connectivity index (χ1n) is 12.6. The van der Waals surface area contributed by atoms with Crippen molar-refractivity contribution in [1.29, 1.82) is 0 Å². The number of nitrogens with one attached hydrogen (secondary N) is 1. The molecule has 0 spiro atoms. The van der Waals surface area contributed by atoms with Crippen LogP contribution in [0.4, 0.5) is 16.2 Å². The fourth-order valence-electron chi connectivity index (χ4n) is 5.17. The average molecular weight is 484 g/mol. The summed E-state index contributed by atoms with van der Waals surface area (Å²) in [4.78, 5) is 14.9. The minimum absolute atomic E-state index is 0.0441. The molecule has 0 bridgehead atoms. The van der Waals surface area contributed by atoms with Crippen molar-refractivity contribution in [2.75, 3.05) is 43.1 Å². The van der Waals surface area contributed by atoms with E-state index in [-0.39, 0.29) is 12.5 Å². The highest BCUT2D eigenvalue weighted by atomic mass is 16.5. The molecule has 3 N–H and O–H groups in total. The first kappa shape index (κ1) is 24.1. The van der Waals surface area contributed by atoms with Gasteiger partial charge in [0.05, 0.1) is 13.2 Å². The quantitative estimate of drug-likeness (QED) is 0.479. The van der Waals surface area contributed by atoms with E-state index < -0.39 is 6.09 Å². The molecule has 1 heterocycles. The molecule has 6 nitrogen and oxygen atoms in total. The number of carbonyl (C=O) groups is 1. The largest absolute Gasteiger partial charge is 0.444 e.